The van der Waals surface area contributed by atoms with Gasteiger partial charge in [0.15, 0.2) is 0 Å². The zero-order valence-corrected chi connectivity index (χ0v) is 7.91. The molecule has 2 aromatic rings. The molecule has 2 aromatic heterocycles. The number of alkyl halides is 3. The molecule has 74 valence electrons. The van der Waals surface area contributed by atoms with E-state index in [1.807, 2.05) is 0 Å². The molecule has 0 radical (unpaired) electrons. The Morgan fingerprint density at radius 3 is 2.71 bits per heavy atom. The van der Waals surface area contributed by atoms with E-state index in [2.05, 4.69) is 9.97 Å². The molecular formula is C8H5F3N2S. The molecule has 0 aliphatic rings. The minimum Gasteiger partial charge on any atom is -0.249 e. The van der Waals surface area contributed by atoms with Crippen molar-refractivity contribution >= 4 is 21.6 Å². The second kappa shape index (κ2) is 2.91. The fourth-order valence-electron chi connectivity index (χ4n) is 1.10. The van der Waals surface area contributed by atoms with Crippen molar-refractivity contribution in [2.75, 3.05) is 0 Å². The third-order valence-electron chi connectivity index (χ3n) is 1.67. The van der Waals surface area contributed by atoms with E-state index in [1.54, 1.807) is 6.92 Å². The summed E-state index contributed by atoms with van der Waals surface area (Å²) in [6.45, 7) is 1.75. The lowest BCUT2D eigenvalue weighted by atomic mass is 10.3. The van der Waals surface area contributed by atoms with Crippen LogP contribution in [0.3, 0.4) is 0 Å². The molecule has 0 saturated heterocycles. The van der Waals surface area contributed by atoms with E-state index in [9.17, 15) is 13.2 Å². The Balaban J connectivity index is 2.62. The van der Waals surface area contributed by atoms with E-state index < -0.39 is 11.9 Å². The molecule has 2 heterocycles. The topological polar surface area (TPSA) is 25.8 Å². The molecule has 0 N–H and O–H groups in total. The van der Waals surface area contributed by atoms with Crippen LogP contribution in [0.2, 0.25) is 0 Å². The maximum absolute atomic E-state index is 12.2. The second-order valence-corrected chi connectivity index (χ2v) is 4.00. The van der Waals surface area contributed by atoms with Crippen molar-refractivity contribution in [2.45, 2.75) is 13.1 Å². The summed E-state index contributed by atoms with van der Waals surface area (Å²) in [6, 6.07) is 1.03. The zero-order valence-electron chi connectivity index (χ0n) is 7.09. The van der Waals surface area contributed by atoms with E-state index in [0.29, 0.717) is 10.2 Å². The molecule has 14 heavy (non-hydrogen) atoms. The molecule has 0 atom stereocenters. The summed E-state index contributed by atoms with van der Waals surface area (Å²) in [5.74, 6) is 0. The van der Waals surface area contributed by atoms with Crippen LogP contribution in [0.1, 0.15) is 10.7 Å². The van der Waals surface area contributed by atoms with Gasteiger partial charge in [-0.25, -0.2) is 9.97 Å². The first-order valence-corrected chi connectivity index (χ1v) is 4.59. The van der Waals surface area contributed by atoms with Crippen molar-refractivity contribution in [1.82, 2.24) is 9.97 Å². The van der Waals surface area contributed by atoms with E-state index in [0.717, 1.165) is 17.3 Å². The fourth-order valence-corrected chi connectivity index (χ4v) is 1.94. The van der Waals surface area contributed by atoms with Gasteiger partial charge < -0.3 is 0 Å². The Bertz CT molecular complexity index is 475. The van der Waals surface area contributed by atoms with E-state index in [4.69, 9.17) is 0 Å². The summed E-state index contributed by atoms with van der Waals surface area (Å²) < 4.78 is 37.3. The monoisotopic (exact) mass is 218 g/mol. The van der Waals surface area contributed by atoms with Gasteiger partial charge in [-0.05, 0) is 13.0 Å². The fraction of sp³-hybridized carbons (Fsp3) is 0.250. The molecule has 6 heteroatoms. The van der Waals surface area contributed by atoms with Crippen LogP contribution in [-0.4, -0.2) is 9.97 Å². The lowest BCUT2D eigenvalue weighted by Gasteiger charge is -2.03. The average molecular weight is 218 g/mol. The van der Waals surface area contributed by atoms with E-state index in [1.165, 1.54) is 11.3 Å². The maximum Gasteiger partial charge on any atom is 0.433 e. The maximum atomic E-state index is 12.2. The number of nitrogens with zero attached hydrogens (tertiary/aromatic N) is 2. The Labute approximate surface area is 81.4 Å². The van der Waals surface area contributed by atoms with Crippen LogP contribution in [0.15, 0.2) is 12.3 Å². The molecule has 2 nitrogen and oxygen atoms in total. The van der Waals surface area contributed by atoms with Crippen LogP contribution < -0.4 is 0 Å². The van der Waals surface area contributed by atoms with Gasteiger partial charge in [0, 0.05) is 0 Å². The van der Waals surface area contributed by atoms with Crippen LogP contribution in [0, 0.1) is 6.92 Å². The number of hydrogen-bond donors (Lipinski definition) is 0. The number of pyridine rings is 1. The van der Waals surface area contributed by atoms with Gasteiger partial charge in [-0.15, -0.1) is 11.3 Å². The smallest absolute Gasteiger partial charge is 0.249 e. The Morgan fingerprint density at radius 2 is 2.07 bits per heavy atom. The summed E-state index contributed by atoms with van der Waals surface area (Å²) in [4.78, 5) is 7.34. The number of aryl methyl sites for hydroxylation is 1. The predicted octanol–water partition coefficient (Wildman–Crippen LogP) is 3.02. The predicted molar refractivity (Wildman–Crippen MR) is 47.2 cm³/mol. The molecule has 0 bridgehead atoms. The summed E-state index contributed by atoms with van der Waals surface area (Å²) in [6.07, 6.45) is -3.23. The van der Waals surface area contributed by atoms with Crippen LogP contribution in [0.4, 0.5) is 13.2 Å². The molecule has 2 rings (SSSR count). The van der Waals surface area contributed by atoms with Crippen LogP contribution in [0.5, 0.6) is 0 Å². The van der Waals surface area contributed by atoms with Crippen LogP contribution in [0.25, 0.3) is 10.2 Å². The molecule has 0 unspecified atom stereocenters. The number of thiazole rings is 1. The van der Waals surface area contributed by atoms with Gasteiger partial charge in [0.2, 0.25) is 0 Å². The van der Waals surface area contributed by atoms with Gasteiger partial charge in [-0.2, -0.15) is 13.2 Å². The standard InChI is InChI=1S/C8H5F3N2S/c1-4-13-5-3-12-7(8(9,10)11)2-6(5)14-4/h2-3H,1H3. The molecule has 0 amide bonds. The van der Waals surface area contributed by atoms with Gasteiger partial charge in [-0.1, -0.05) is 0 Å². The van der Waals surface area contributed by atoms with Gasteiger partial charge in [0.1, 0.15) is 5.69 Å². The number of aromatic nitrogens is 2. The molecule has 0 aromatic carbocycles. The first kappa shape index (κ1) is 9.39. The van der Waals surface area contributed by atoms with Crippen molar-refractivity contribution in [3.63, 3.8) is 0 Å². The van der Waals surface area contributed by atoms with Crippen molar-refractivity contribution < 1.29 is 13.2 Å². The van der Waals surface area contributed by atoms with Crippen molar-refractivity contribution in [2.24, 2.45) is 0 Å². The Hall–Kier alpha value is -1.17. The van der Waals surface area contributed by atoms with Gasteiger partial charge >= 0.3 is 6.18 Å². The second-order valence-electron chi connectivity index (χ2n) is 2.77. The number of halogens is 3. The number of hydrogen-bond acceptors (Lipinski definition) is 3. The molecular weight excluding hydrogens is 213 g/mol. The van der Waals surface area contributed by atoms with E-state index >= 15 is 0 Å². The minimum atomic E-state index is -4.38. The highest BCUT2D eigenvalue weighted by Crippen LogP contribution is 2.30. The van der Waals surface area contributed by atoms with Crippen LogP contribution >= 0.6 is 11.3 Å². The third-order valence-corrected chi connectivity index (χ3v) is 2.61. The third kappa shape index (κ3) is 1.57. The highest BCUT2D eigenvalue weighted by molar-refractivity contribution is 7.18. The molecule has 0 saturated carbocycles. The highest BCUT2D eigenvalue weighted by atomic mass is 32.1. The average Bonchev–Trinajstić information content (AvgIpc) is 2.41. The Kier molecular flexibility index (Phi) is 1.95. The summed E-state index contributed by atoms with van der Waals surface area (Å²) in [5.41, 5.74) is -0.353. The number of fused-ring (bicyclic) bond motifs is 1. The number of rotatable bonds is 0. The highest BCUT2D eigenvalue weighted by Gasteiger charge is 2.32. The zero-order chi connectivity index (χ0) is 10.3. The van der Waals surface area contributed by atoms with Crippen molar-refractivity contribution in [3.8, 4) is 0 Å². The molecule has 0 fully saturated rings. The first-order chi connectivity index (χ1) is 6.47. The summed E-state index contributed by atoms with van der Waals surface area (Å²) >= 11 is 1.23. The van der Waals surface area contributed by atoms with Crippen molar-refractivity contribution in [3.05, 3.63) is 23.0 Å². The van der Waals surface area contributed by atoms with Crippen LogP contribution in [-0.2, 0) is 6.18 Å². The molecule has 0 aliphatic carbocycles. The van der Waals surface area contributed by atoms with Gasteiger partial charge in [0.25, 0.3) is 0 Å². The SMILES string of the molecule is Cc1nc2cnc(C(F)(F)F)cc2s1. The normalized spacial score (nSPS) is 12.3. The Morgan fingerprint density at radius 1 is 1.36 bits per heavy atom. The lowest BCUT2D eigenvalue weighted by molar-refractivity contribution is -0.141. The van der Waals surface area contributed by atoms with Gasteiger partial charge in [-0.3, -0.25) is 0 Å². The largest absolute Gasteiger partial charge is 0.433 e. The molecule has 0 spiro atoms. The van der Waals surface area contributed by atoms with E-state index in [-0.39, 0.29) is 0 Å². The minimum absolute atomic E-state index is 0.514. The first-order valence-electron chi connectivity index (χ1n) is 3.77. The van der Waals surface area contributed by atoms with Crippen molar-refractivity contribution in [1.29, 1.82) is 0 Å². The molecule has 0 aliphatic heterocycles. The summed E-state index contributed by atoms with van der Waals surface area (Å²) in [7, 11) is 0. The quantitative estimate of drug-likeness (QED) is 0.679. The van der Waals surface area contributed by atoms with Gasteiger partial charge in [0.05, 0.1) is 21.4 Å². The summed E-state index contributed by atoms with van der Waals surface area (Å²) in [5, 5.41) is 0.737. The lowest BCUT2D eigenvalue weighted by Crippen LogP contribution is -2.06.